The summed E-state index contributed by atoms with van der Waals surface area (Å²) < 4.78 is 39.7. The summed E-state index contributed by atoms with van der Waals surface area (Å²) in [6.07, 6.45) is 6.86. The SMILES string of the molecule is Cc1nc(S(=O)(=O)N2CCC(CCc3noc(C4CCOCC4)n3)CC2)cn1C. The number of sulfonamides is 1. The van der Waals surface area contributed by atoms with E-state index in [-0.39, 0.29) is 5.03 Å². The van der Waals surface area contributed by atoms with Crippen molar-refractivity contribution in [2.45, 2.75) is 56.4 Å². The smallest absolute Gasteiger partial charge is 0.262 e. The van der Waals surface area contributed by atoms with Crippen molar-refractivity contribution in [3.8, 4) is 0 Å². The number of aryl methyl sites for hydroxylation is 3. The van der Waals surface area contributed by atoms with E-state index in [9.17, 15) is 8.42 Å². The van der Waals surface area contributed by atoms with Crippen LogP contribution in [-0.4, -0.2) is 58.7 Å². The van der Waals surface area contributed by atoms with Crippen LogP contribution in [-0.2, 0) is 28.2 Å². The third-order valence-electron chi connectivity index (χ3n) is 6.09. The van der Waals surface area contributed by atoms with Gasteiger partial charge in [0, 0.05) is 51.9 Å². The Morgan fingerprint density at radius 1 is 1.14 bits per heavy atom. The summed E-state index contributed by atoms with van der Waals surface area (Å²) in [4.78, 5) is 8.76. The molecule has 4 heterocycles. The molecule has 0 aromatic carbocycles. The van der Waals surface area contributed by atoms with Crippen molar-refractivity contribution in [2.24, 2.45) is 13.0 Å². The Kier molecular flexibility index (Phi) is 6.03. The molecule has 29 heavy (non-hydrogen) atoms. The van der Waals surface area contributed by atoms with Gasteiger partial charge in [0.1, 0.15) is 5.82 Å². The minimum absolute atomic E-state index is 0.142. The Labute approximate surface area is 171 Å². The topological polar surface area (TPSA) is 103 Å². The second-order valence-corrected chi connectivity index (χ2v) is 9.94. The van der Waals surface area contributed by atoms with Gasteiger partial charge in [0.25, 0.3) is 10.0 Å². The van der Waals surface area contributed by atoms with Crippen LogP contribution in [0.5, 0.6) is 0 Å². The summed E-state index contributed by atoms with van der Waals surface area (Å²) in [6, 6.07) is 0. The normalized spacial score (nSPS) is 20.3. The standard InChI is InChI=1S/C19H29N5O4S/c1-14-20-18(13-23(14)2)29(25,26)24-9-5-15(6-10-24)3-4-17-21-19(28-22-17)16-7-11-27-12-8-16/h13,15-16H,3-12H2,1-2H3. The molecule has 0 saturated carbocycles. The Balaban J connectivity index is 1.27. The molecule has 4 rings (SSSR count). The van der Waals surface area contributed by atoms with Crippen LogP contribution in [0.1, 0.15) is 55.6 Å². The van der Waals surface area contributed by atoms with E-state index in [4.69, 9.17) is 9.26 Å². The Morgan fingerprint density at radius 3 is 2.52 bits per heavy atom. The fourth-order valence-corrected chi connectivity index (χ4v) is 5.53. The molecule has 0 spiro atoms. The Morgan fingerprint density at radius 2 is 1.86 bits per heavy atom. The van der Waals surface area contributed by atoms with E-state index in [0.29, 0.717) is 30.7 Å². The van der Waals surface area contributed by atoms with Crippen molar-refractivity contribution in [1.82, 2.24) is 24.0 Å². The summed E-state index contributed by atoms with van der Waals surface area (Å²) in [5, 5.41) is 4.28. The van der Waals surface area contributed by atoms with E-state index in [1.165, 1.54) is 0 Å². The van der Waals surface area contributed by atoms with Crippen LogP contribution in [0.4, 0.5) is 0 Å². The lowest BCUT2D eigenvalue weighted by atomic mass is 9.93. The summed E-state index contributed by atoms with van der Waals surface area (Å²) in [7, 11) is -1.71. The second-order valence-electron chi connectivity index (χ2n) is 8.06. The monoisotopic (exact) mass is 423 g/mol. The van der Waals surface area contributed by atoms with Crippen LogP contribution in [0.15, 0.2) is 15.7 Å². The summed E-state index contributed by atoms with van der Waals surface area (Å²) >= 11 is 0. The van der Waals surface area contributed by atoms with Crippen molar-refractivity contribution >= 4 is 10.0 Å². The molecule has 10 heteroatoms. The zero-order valence-electron chi connectivity index (χ0n) is 17.1. The molecule has 0 radical (unpaired) electrons. The van der Waals surface area contributed by atoms with Gasteiger partial charge in [0.15, 0.2) is 10.9 Å². The van der Waals surface area contributed by atoms with Crippen LogP contribution >= 0.6 is 0 Å². The quantitative estimate of drug-likeness (QED) is 0.700. The van der Waals surface area contributed by atoms with Gasteiger partial charge in [0.05, 0.1) is 0 Å². The summed E-state index contributed by atoms with van der Waals surface area (Å²) in [5.74, 6) is 2.96. The average Bonchev–Trinajstić information content (AvgIpc) is 3.34. The molecule has 2 aliphatic rings. The van der Waals surface area contributed by atoms with E-state index in [1.807, 2.05) is 0 Å². The number of hydrogen-bond donors (Lipinski definition) is 0. The number of rotatable bonds is 6. The van der Waals surface area contributed by atoms with Crippen molar-refractivity contribution in [1.29, 1.82) is 0 Å². The Bertz CT molecular complexity index is 905. The Hall–Kier alpha value is -1.78. The highest BCUT2D eigenvalue weighted by molar-refractivity contribution is 7.89. The van der Waals surface area contributed by atoms with E-state index in [2.05, 4.69) is 15.1 Å². The van der Waals surface area contributed by atoms with Crippen LogP contribution in [0.25, 0.3) is 0 Å². The van der Waals surface area contributed by atoms with Gasteiger partial charge in [-0.15, -0.1) is 0 Å². The molecule has 0 unspecified atom stereocenters. The van der Waals surface area contributed by atoms with Crippen LogP contribution in [0.2, 0.25) is 0 Å². The highest BCUT2D eigenvalue weighted by atomic mass is 32.2. The van der Waals surface area contributed by atoms with Gasteiger partial charge < -0.3 is 13.8 Å². The molecular formula is C19H29N5O4S. The third-order valence-corrected chi connectivity index (χ3v) is 7.87. The molecule has 0 N–H and O–H groups in total. The number of ether oxygens (including phenoxy) is 1. The van der Waals surface area contributed by atoms with Crippen LogP contribution < -0.4 is 0 Å². The predicted molar refractivity (Wildman–Crippen MR) is 105 cm³/mol. The lowest BCUT2D eigenvalue weighted by Gasteiger charge is -2.30. The van der Waals surface area contributed by atoms with Crippen molar-refractivity contribution in [3.63, 3.8) is 0 Å². The van der Waals surface area contributed by atoms with Crippen molar-refractivity contribution < 1.29 is 17.7 Å². The first-order chi connectivity index (χ1) is 13.9. The number of piperidine rings is 1. The third kappa shape index (κ3) is 4.54. The number of hydrogen-bond acceptors (Lipinski definition) is 7. The van der Waals surface area contributed by atoms with Crippen molar-refractivity contribution in [2.75, 3.05) is 26.3 Å². The molecular weight excluding hydrogens is 394 g/mol. The molecule has 0 atom stereocenters. The number of imidazole rings is 1. The molecule has 160 valence electrons. The molecule has 2 fully saturated rings. The largest absolute Gasteiger partial charge is 0.381 e. The lowest BCUT2D eigenvalue weighted by molar-refractivity contribution is 0.0778. The maximum absolute atomic E-state index is 12.8. The first-order valence-corrected chi connectivity index (χ1v) is 11.8. The fraction of sp³-hybridized carbons (Fsp3) is 0.737. The first kappa shape index (κ1) is 20.5. The lowest BCUT2D eigenvalue weighted by Crippen LogP contribution is -2.38. The molecule has 2 aliphatic heterocycles. The molecule has 2 aromatic heterocycles. The van der Waals surface area contributed by atoms with Gasteiger partial charge in [-0.2, -0.15) is 9.29 Å². The van der Waals surface area contributed by atoms with E-state index in [0.717, 1.165) is 63.5 Å². The van der Waals surface area contributed by atoms with Gasteiger partial charge in [0.2, 0.25) is 5.89 Å². The van der Waals surface area contributed by atoms with E-state index >= 15 is 0 Å². The molecule has 2 saturated heterocycles. The average molecular weight is 424 g/mol. The first-order valence-electron chi connectivity index (χ1n) is 10.3. The van der Waals surface area contributed by atoms with Gasteiger partial charge in [-0.25, -0.2) is 13.4 Å². The minimum atomic E-state index is -3.51. The minimum Gasteiger partial charge on any atom is -0.381 e. The molecule has 2 aromatic rings. The highest BCUT2D eigenvalue weighted by Crippen LogP contribution is 2.28. The zero-order chi connectivity index (χ0) is 20.4. The molecule has 0 bridgehead atoms. The molecule has 0 aliphatic carbocycles. The highest BCUT2D eigenvalue weighted by Gasteiger charge is 2.31. The fourth-order valence-electron chi connectivity index (χ4n) is 4.03. The maximum atomic E-state index is 12.8. The zero-order valence-corrected chi connectivity index (χ0v) is 17.9. The van der Waals surface area contributed by atoms with E-state index < -0.39 is 10.0 Å². The maximum Gasteiger partial charge on any atom is 0.262 e. The van der Waals surface area contributed by atoms with Gasteiger partial charge in [-0.3, -0.25) is 0 Å². The van der Waals surface area contributed by atoms with Crippen molar-refractivity contribution in [3.05, 3.63) is 23.7 Å². The van der Waals surface area contributed by atoms with Gasteiger partial charge >= 0.3 is 0 Å². The molecule has 9 nitrogen and oxygen atoms in total. The number of aromatic nitrogens is 4. The van der Waals surface area contributed by atoms with Gasteiger partial charge in [-0.1, -0.05) is 5.16 Å². The number of nitrogens with zero attached hydrogens (tertiary/aromatic N) is 5. The van der Waals surface area contributed by atoms with E-state index in [1.54, 1.807) is 29.0 Å². The van der Waals surface area contributed by atoms with Crippen LogP contribution in [0, 0.1) is 12.8 Å². The van der Waals surface area contributed by atoms with Gasteiger partial charge in [-0.05, 0) is 44.9 Å². The predicted octanol–water partition coefficient (Wildman–Crippen LogP) is 2.04. The van der Waals surface area contributed by atoms with Crippen LogP contribution in [0.3, 0.4) is 0 Å². The summed E-state index contributed by atoms with van der Waals surface area (Å²) in [6.45, 7) is 4.37. The molecule has 0 amide bonds. The second kappa shape index (κ2) is 8.53. The summed E-state index contributed by atoms with van der Waals surface area (Å²) in [5.41, 5.74) is 0.